The zero-order chi connectivity index (χ0) is 59.7. The Hall–Kier alpha value is -1.94. The van der Waals surface area contributed by atoms with Crippen LogP contribution in [0.15, 0.2) is 0 Å². The van der Waals surface area contributed by atoms with E-state index in [2.05, 4.69) is 55.4 Å². The highest BCUT2D eigenvalue weighted by Crippen LogP contribution is 2.45. The summed E-state index contributed by atoms with van der Waals surface area (Å²) in [5.74, 6) is 0.696. The van der Waals surface area contributed by atoms with Crippen LogP contribution in [0.25, 0.3) is 0 Å². The quantitative estimate of drug-likeness (QED) is 0.0222. The number of carbonyl (C=O) groups excluding carboxylic acids is 4. The Balaban J connectivity index is 5.25. The van der Waals surface area contributed by atoms with Crippen LogP contribution in [0, 0.1) is 23.7 Å². The lowest BCUT2D eigenvalue weighted by Gasteiger charge is -2.21. The van der Waals surface area contributed by atoms with Gasteiger partial charge < -0.3 is 33.8 Å². The van der Waals surface area contributed by atoms with Crippen LogP contribution < -0.4 is 0 Å². The maximum Gasteiger partial charge on any atom is 0.472 e. The van der Waals surface area contributed by atoms with Crippen molar-refractivity contribution in [1.29, 1.82) is 0 Å². The lowest BCUT2D eigenvalue weighted by Crippen LogP contribution is -2.30. The number of aliphatic hydroxyl groups is 1. The molecule has 0 aromatic carbocycles. The number of hydrogen-bond acceptors (Lipinski definition) is 15. The highest BCUT2D eigenvalue weighted by atomic mass is 31.2. The van der Waals surface area contributed by atoms with E-state index in [1.54, 1.807) is 0 Å². The van der Waals surface area contributed by atoms with Gasteiger partial charge in [0.1, 0.15) is 19.3 Å². The van der Waals surface area contributed by atoms with Gasteiger partial charge in [-0.3, -0.25) is 37.3 Å². The van der Waals surface area contributed by atoms with Crippen LogP contribution in [-0.4, -0.2) is 96.7 Å². The molecule has 3 N–H and O–H groups in total. The van der Waals surface area contributed by atoms with Crippen molar-refractivity contribution >= 4 is 39.5 Å². The first-order valence-electron chi connectivity index (χ1n) is 31.8. The number of hydrogen-bond donors (Lipinski definition) is 3. The summed E-state index contributed by atoms with van der Waals surface area (Å²) in [7, 11) is -9.88. The number of unbranched alkanes of at least 4 members (excludes halogenated alkanes) is 22. The molecule has 0 aliphatic heterocycles. The number of esters is 4. The van der Waals surface area contributed by atoms with Crippen LogP contribution in [0.1, 0.15) is 287 Å². The van der Waals surface area contributed by atoms with Crippen molar-refractivity contribution in [3.63, 3.8) is 0 Å². The number of ether oxygens (including phenoxy) is 4. The molecule has 0 aliphatic rings. The Morgan fingerprint density at radius 1 is 0.350 bits per heavy atom. The van der Waals surface area contributed by atoms with Crippen molar-refractivity contribution in [2.24, 2.45) is 23.7 Å². The summed E-state index contributed by atoms with van der Waals surface area (Å²) in [6, 6.07) is 0. The molecular weight excluding hydrogens is 1070 g/mol. The molecule has 0 fully saturated rings. The van der Waals surface area contributed by atoms with Gasteiger partial charge in [-0.1, -0.05) is 235 Å². The van der Waals surface area contributed by atoms with Gasteiger partial charge in [0.25, 0.3) is 0 Å². The molecule has 19 heteroatoms. The van der Waals surface area contributed by atoms with Gasteiger partial charge in [0.2, 0.25) is 0 Å². The fraction of sp³-hybridized carbons (Fsp3) is 0.934. The fourth-order valence-corrected chi connectivity index (χ4v) is 10.4. The maximum absolute atomic E-state index is 12.9. The molecule has 5 unspecified atom stereocenters. The Bertz CT molecular complexity index is 1610. The Morgan fingerprint density at radius 2 is 0.600 bits per heavy atom. The van der Waals surface area contributed by atoms with Crippen molar-refractivity contribution in [2.75, 3.05) is 39.6 Å². The van der Waals surface area contributed by atoms with Crippen LogP contribution in [0.2, 0.25) is 0 Å². The van der Waals surface area contributed by atoms with E-state index >= 15 is 0 Å². The molecule has 0 aliphatic carbocycles. The van der Waals surface area contributed by atoms with Crippen molar-refractivity contribution < 1.29 is 80.2 Å². The highest BCUT2D eigenvalue weighted by molar-refractivity contribution is 7.47. The monoisotopic (exact) mass is 1180 g/mol. The lowest BCUT2D eigenvalue weighted by atomic mass is 10.00. The number of aliphatic hydroxyl groups excluding tert-OH is 1. The molecule has 80 heavy (non-hydrogen) atoms. The Kier molecular flexibility index (Phi) is 50.2. The second-order valence-electron chi connectivity index (χ2n) is 23.5. The van der Waals surface area contributed by atoms with Gasteiger partial charge in [-0.25, -0.2) is 9.13 Å². The molecule has 0 radical (unpaired) electrons. The van der Waals surface area contributed by atoms with E-state index in [0.717, 1.165) is 114 Å². The van der Waals surface area contributed by atoms with Gasteiger partial charge in [-0.05, 0) is 49.4 Å². The molecule has 0 bridgehead atoms. The summed E-state index contributed by atoms with van der Waals surface area (Å²) in [6.45, 7) is 13.8. The molecule has 0 heterocycles. The first kappa shape index (κ1) is 78.1. The summed E-state index contributed by atoms with van der Waals surface area (Å²) in [4.78, 5) is 72.0. The largest absolute Gasteiger partial charge is 0.472 e. The van der Waals surface area contributed by atoms with Gasteiger partial charge in [0, 0.05) is 25.7 Å². The van der Waals surface area contributed by atoms with Crippen LogP contribution >= 0.6 is 15.6 Å². The minimum Gasteiger partial charge on any atom is -0.462 e. The summed E-state index contributed by atoms with van der Waals surface area (Å²) >= 11 is 0. The van der Waals surface area contributed by atoms with Crippen LogP contribution in [0.4, 0.5) is 0 Å². The van der Waals surface area contributed by atoms with E-state index in [-0.39, 0.29) is 25.7 Å². The highest BCUT2D eigenvalue weighted by Gasteiger charge is 2.30. The van der Waals surface area contributed by atoms with E-state index in [4.69, 9.17) is 37.0 Å². The first-order valence-corrected chi connectivity index (χ1v) is 34.8. The molecule has 0 aromatic rings. The van der Waals surface area contributed by atoms with Crippen molar-refractivity contribution in [3.8, 4) is 0 Å². The second-order valence-corrected chi connectivity index (χ2v) is 26.4. The van der Waals surface area contributed by atoms with Gasteiger partial charge in [-0.15, -0.1) is 0 Å². The molecule has 17 nitrogen and oxygen atoms in total. The van der Waals surface area contributed by atoms with Gasteiger partial charge in [0.15, 0.2) is 12.2 Å². The van der Waals surface area contributed by atoms with E-state index in [0.29, 0.717) is 31.6 Å². The van der Waals surface area contributed by atoms with E-state index < -0.39 is 97.5 Å². The van der Waals surface area contributed by atoms with E-state index in [9.17, 15) is 43.2 Å². The van der Waals surface area contributed by atoms with Crippen molar-refractivity contribution in [3.05, 3.63) is 0 Å². The minimum absolute atomic E-state index is 0.101. The molecule has 0 amide bonds. The third kappa shape index (κ3) is 52.8. The SMILES string of the molecule is CCC(C)CCCCCCCCC(=O)OC[C@H](COP(=O)(O)OCC(O)COP(=O)(O)OC[C@@H](COC(=O)CCCCCCCCCCC(C)C)OC(=O)CCCCCCCCC(C)C)OC(=O)CCCCCCCCC(C)CC. The van der Waals surface area contributed by atoms with Crippen molar-refractivity contribution in [1.82, 2.24) is 0 Å². The number of phosphoric ester groups is 2. The zero-order valence-electron chi connectivity index (χ0n) is 51.7. The van der Waals surface area contributed by atoms with Crippen LogP contribution in [-0.2, 0) is 65.4 Å². The van der Waals surface area contributed by atoms with Gasteiger partial charge in [0.05, 0.1) is 26.4 Å². The predicted molar refractivity (Wildman–Crippen MR) is 317 cm³/mol. The zero-order valence-corrected chi connectivity index (χ0v) is 53.5. The molecular formula is C61H118O17P2. The summed E-state index contributed by atoms with van der Waals surface area (Å²) < 4.78 is 67.8. The smallest absolute Gasteiger partial charge is 0.462 e. The topological polar surface area (TPSA) is 237 Å². The normalized spacial score (nSPS) is 15.2. The van der Waals surface area contributed by atoms with Crippen LogP contribution in [0.3, 0.4) is 0 Å². The standard InChI is InChI=1S/C61H118O17P2/c1-9-53(7)39-31-23-16-19-26-34-42-59(64)72-48-57(78-61(66)44-36-28-20-17-24-32-40-54(8)10-2)50-76-80(69,70)74-46-55(62)45-73-79(67,68)75-49-56(77-60(65)43-35-27-18-15-22-30-38-52(5)6)47-71-58(63)41-33-25-14-12-11-13-21-29-37-51(3)4/h51-57,62H,9-50H2,1-8H3,(H,67,68)(H,69,70)/t53?,54?,55?,56-,57-/m1/s1. The summed E-state index contributed by atoms with van der Waals surface area (Å²) in [5, 5.41) is 10.5. The second kappa shape index (κ2) is 51.5. The predicted octanol–water partition coefficient (Wildman–Crippen LogP) is 16.2. The molecule has 7 atom stereocenters. The van der Waals surface area contributed by atoms with Gasteiger partial charge >= 0.3 is 39.5 Å². The molecule has 474 valence electrons. The number of phosphoric acid groups is 2. The molecule has 0 saturated carbocycles. The maximum atomic E-state index is 12.9. The average molecular weight is 1190 g/mol. The number of rotatable bonds is 58. The molecule has 0 spiro atoms. The minimum atomic E-state index is -4.94. The molecule has 0 saturated heterocycles. The van der Waals surface area contributed by atoms with E-state index in [1.807, 2.05) is 0 Å². The Labute approximate surface area is 486 Å². The average Bonchev–Trinajstić information content (AvgIpc) is 3.41. The van der Waals surface area contributed by atoms with Crippen LogP contribution in [0.5, 0.6) is 0 Å². The Morgan fingerprint density at radius 3 is 0.887 bits per heavy atom. The summed E-state index contributed by atoms with van der Waals surface area (Å²) in [5.41, 5.74) is 0. The van der Waals surface area contributed by atoms with E-state index in [1.165, 1.54) is 83.5 Å². The molecule has 0 rings (SSSR count). The molecule has 0 aromatic heterocycles. The first-order chi connectivity index (χ1) is 38.2. The lowest BCUT2D eigenvalue weighted by molar-refractivity contribution is -0.161. The third-order valence-corrected chi connectivity index (χ3v) is 16.4. The van der Waals surface area contributed by atoms with Crippen molar-refractivity contribution in [2.45, 2.75) is 305 Å². The van der Waals surface area contributed by atoms with Gasteiger partial charge in [-0.2, -0.15) is 0 Å². The number of carbonyl (C=O) groups is 4. The summed E-state index contributed by atoms with van der Waals surface area (Å²) in [6.07, 6.45) is 29.6. The third-order valence-electron chi connectivity index (χ3n) is 14.5. The fourth-order valence-electron chi connectivity index (χ4n) is 8.83.